The summed E-state index contributed by atoms with van der Waals surface area (Å²) in [5, 5.41) is 1.69. The van der Waals surface area contributed by atoms with Gasteiger partial charge in [0.05, 0.1) is 22.1 Å². The number of nitrogens with zero attached hydrogens (tertiary/aromatic N) is 4. The average Bonchev–Trinajstić information content (AvgIpc) is 2.93. The fourth-order valence-electron chi connectivity index (χ4n) is 4.87. The van der Waals surface area contributed by atoms with E-state index < -0.39 is 0 Å². The number of piperidine rings is 1. The molecule has 1 fully saturated rings. The van der Waals surface area contributed by atoms with Gasteiger partial charge in [-0.1, -0.05) is 46.3 Å². The topological polar surface area (TPSA) is 51.0 Å². The predicted molar refractivity (Wildman–Crippen MR) is 152 cm³/mol. The number of aromatic nitrogens is 3. The third-order valence-corrected chi connectivity index (χ3v) is 7.22. The fourth-order valence-corrected chi connectivity index (χ4v) is 5.13. The number of halogens is 1. The molecule has 1 saturated heterocycles. The highest BCUT2D eigenvalue weighted by atomic mass is 79.9. The first kappa shape index (κ1) is 22.7. The van der Waals surface area contributed by atoms with Gasteiger partial charge in [-0.25, -0.2) is 9.97 Å². The highest BCUT2D eigenvalue weighted by Gasteiger charge is 2.17. The second kappa shape index (κ2) is 9.70. The Bertz CT molecular complexity index is 1650. The van der Waals surface area contributed by atoms with E-state index in [1.165, 1.54) is 19.3 Å². The van der Waals surface area contributed by atoms with E-state index in [-0.39, 0.29) is 5.56 Å². The van der Waals surface area contributed by atoms with Gasteiger partial charge in [0.2, 0.25) is 0 Å². The molecule has 0 radical (unpaired) electrons. The maximum absolute atomic E-state index is 13.6. The van der Waals surface area contributed by atoms with E-state index in [1.807, 2.05) is 66.7 Å². The maximum atomic E-state index is 13.6. The number of pyridine rings is 1. The Morgan fingerprint density at radius 1 is 0.778 bits per heavy atom. The Hall–Kier alpha value is -3.77. The molecule has 0 atom stereocenters. The van der Waals surface area contributed by atoms with Gasteiger partial charge in [-0.3, -0.25) is 9.36 Å². The minimum absolute atomic E-state index is 0.0875. The minimum atomic E-state index is -0.0875. The van der Waals surface area contributed by atoms with Gasteiger partial charge in [-0.15, -0.1) is 0 Å². The quantitative estimate of drug-likeness (QED) is 0.252. The molecule has 178 valence electrons. The van der Waals surface area contributed by atoms with Gasteiger partial charge in [-0.05, 0) is 79.9 Å². The molecule has 5 nitrogen and oxygen atoms in total. The van der Waals surface area contributed by atoms with E-state index >= 15 is 0 Å². The van der Waals surface area contributed by atoms with Crippen molar-refractivity contribution in [3.8, 4) is 5.69 Å². The fraction of sp³-hybridized carbons (Fsp3) is 0.167. The third kappa shape index (κ3) is 4.33. The van der Waals surface area contributed by atoms with Crippen LogP contribution in [0.4, 0.5) is 5.82 Å². The van der Waals surface area contributed by atoms with E-state index in [2.05, 4.69) is 45.1 Å². The van der Waals surface area contributed by atoms with Crippen LogP contribution < -0.4 is 10.5 Å². The molecule has 0 saturated carbocycles. The second-order valence-corrected chi connectivity index (χ2v) is 9.99. The van der Waals surface area contributed by atoms with Crippen molar-refractivity contribution in [1.29, 1.82) is 0 Å². The largest absolute Gasteiger partial charge is 0.356 e. The lowest BCUT2D eigenvalue weighted by Crippen LogP contribution is -2.30. The van der Waals surface area contributed by atoms with E-state index in [9.17, 15) is 4.79 Å². The molecule has 0 amide bonds. The van der Waals surface area contributed by atoms with Crippen molar-refractivity contribution in [1.82, 2.24) is 14.5 Å². The Labute approximate surface area is 217 Å². The van der Waals surface area contributed by atoms with E-state index in [4.69, 9.17) is 9.97 Å². The molecule has 0 unspecified atom stereocenters. The smallest absolute Gasteiger partial charge is 0.266 e. The van der Waals surface area contributed by atoms with Crippen LogP contribution in [0.25, 0.3) is 39.6 Å². The van der Waals surface area contributed by atoms with Crippen molar-refractivity contribution >= 4 is 55.7 Å². The van der Waals surface area contributed by atoms with Crippen LogP contribution >= 0.6 is 15.9 Å². The summed E-state index contributed by atoms with van der Waals surface area (Å²) in [5.74, 6) is 1.57. The van der Waals surface area contributed by atoms with Crippen LogP contribution in [0, 0.1) is 0 Å². The third-order valence-electron chi connectivity index (χ3n) is 6.69. The van der Waals surface area contributed by atoms with Crippen molar-refractivity contribution in [2.24, 2.45) is 0 Å². The molecule has 5 aromatic rings. The number of benzene rings is 3. The van der Waals surface area contributed by atoms with Crippen LogP contribution in [0.5, 0.6) is 0 Å². The van der Waals surface area contributed by atoms with Gasteiger partial charge >= 0.3 is 0 Å². The zero-order chi connectivity index (χ0) is 24.5. The van der Waals surface area contributed by atoms with E-state index in [1.54, 1.807) is 4.57 Å². The van der Waals surface area contributed by atoms with Crippen LogP contribution in [-0.4, -0.2) is 27.6 Å². The first-order valence-corrected chi connectivity index (χ1v) is 13.1. The van der Waals surface area contributed by atoms with Gasteiger partial charge < -0.3 is 4.90 Å². The summed E-state index contributed by atoms with van der Waals surface area (Å²) in [5.41, 5.74) is 3.39. The molecule has 6 rings (SSSR count). The Morgan fingerprint density at radius 3 is 2.31 bits per heavy atom. The maximum Gasteiger partial charge on any atom is 0.266 e. The van der Waals surface area contributed by atoms with Gasteiger partial charge in [0.25, 0.3) is 5.56 Å². The first-order valence-electron chi connectivity index (χ1n) is 12.3. The summed E-state index contributed by atoms with van der Waals surface area (Å²) in [4.78, 5) is 25.9. The molecule has 0 spiro atoms. The van der Waals surface area contributed by atoms with Crippen LogP contribution in [0.15, 0.2) is 88.1 Å². The number of rotatable bonds is 4. The lowest BCUT2D eigenvalue weighted by Gasteiger charge is -2.29. The lowest BCUT2D eigenvalue weighted by atomic mass is 10.1. The lowest BCUT2D eigenvalue weighted by molar-refractivity contribution is 0.574. The molecule has 0 N–H and O–H groups in total. The number of anilines is 1. The van der Waals surface area contributed by atoms with Crippen LogP contribution in [-0.2, 0) is 0 Å². The Balaban J connectivity index is 1.53. The highest BCUT2D eigenvalue weighted by molar-refractivity contribution is 9.10. The van der Waals surface area contributed by atoms with Crippen LogP contribution in [0.1, 0.15) is 30.7 Å². The van der Waals surface area contributed by atoms with Crippen molar-refractivity contribution in [2.45, 2.75) is 19.3 Å². The average molecular weight is 537 g/mol. The molecule has 1 aliphatic heterocycles. The zero-order valence-corrected chi connectivity index (χ0v) is 21.4. The second-order valence-electron chi connectivity index (χ2n) is 9.08. The van der Waals surface area contributed by atoms with Crippen LogP contribution in [0.3, 0.4) is 0 Å². The molecule has 0 aliphatic carbocycles. The summed E-state index contributed by atoms with van der Waals surface area (Å²) < 4.78 is 2.64. The minimum Gasteiger partial charge on any atom is -0.356 e. The zero-order valence-electron chi connectivity index (χ0n) is 19.8. The predicted octanol–water partition coefficient (Wildman–Crippen LogP) is 6.86. The molecule has 2 aromatic heterocycles. The summed E-state index contributed by atoms with van der Waals surface area (Å²) >= 11 is 3.49. The van der Waals surface area contributed by atoms with Crippen molar-refractivity contribution in [3.05, 3.63) is 105 Å². The molecular formula is C30H25BrN4O. The van der Waals surface area contributed by atoms with E-state index in [0.29, 0.717) is 16.7 Å². The molecule has 0 bridgehead atoms. The van der Waals surface area contributed by atoms with Crippen molar-refractivity contribution in [3.63, 3.8) is 0 Å². The summed E-state index contributed by atoms with van der Waals surface area (Å²) in [6, 6.07) is 25.6. The van der Waals surface area contributed by atoms with E-state index in [0.717, 1.165) is 45.5 Å². The van der Waals surface area contributed by atoms with Gasteiger partial charge in [0.1, 0.15) is 11.6 Å². The highest BCUT2D eigenvalue weighted by Crippen LogP contribution is 2.28. The number of para-hydroxylation sites is 2. The van der Waals surface area contributed by atoms with Gasteiger partial charge in [0.15, 0.2) is 0 Å². The number of hydrogen-bond donors (Lipinski definition) is 0. The molecule has 6 heteroatoms. The molecule has 3 heterocycles. The standard InChI is InChI=1S/C30H25BrN4O/c31-23-13-15-24(16-14-23)35-28(32-27-11-5-3-9-25(27)30(35)36)17-12-22-20-21-8-2-4-10-26(21)33-29(22)34-18-6-1-7-19-34/h2-5,8-17,20H,1,6-7,18-19H2/b17-12+. The molecule has 3 aromatic carbocycles. The Kier molecular flexibility index (Phi) is 6.11. The number of fused-ring (bicyclic) bond motifs is 2. The molecule has 36 heavy (non-hydrogen) atoms. The van der Waals surface area contributed by atoms with Crippen LogP contribution in [0.2, 0.25) is 0 Å². The normalized spacial score (nSPS) is 14.2. The Morgan fingerprint density at radius 2 is 1.50 bits per heavy atom. The summed E-state index contributed by atoms with van der Waals surface area (Å²) in [6.07, 6.45) is 7.60. The first-order chi connectivity index (χ1) is 17.7. The summed E-state index contributed by atoms with van der Waals surface area (Å²) in [6.45, 7) is 2.01. The van der Waals surface area contributed by atoms with Crippen molar-refractivity contribution < 1.29 is 0 Å². The van der Waals surface area contributed by atoms with Gasteiger partial charge in [0, 0.05) is 28.5 Å². The monoisotopic (exact) mass is 536 g/mol. The SMILES string of the molecule is O=c1c2ccccc2nc(/C=C/c2cc3ccccc3nc2N2CCCCC2)n1-c1ccc(Br)cc1. The molecular weight excluding hydrogens is 512 g/mol. The van der Waals surface area contributed by atoms with Crippen molar-refractivity contribution in [2.75, 3.05) is 18.0 Å². The number of hydrogen-bond acceptors (Lipinski definition) is 4. The summed E-state index contributed by atoms with van der Waals surface area (Å²) in [7, 11) is 0. The molecule has 1 aliphatic rings. The van der Waals surface area contributed by atoms with Gasteiger partial charge in [-0.2, -0.15) is 0 Å².